The maximum atomic E-state index is 9.83. The van der Waals surface area contributed by atoms with E-state index in [1.54, 1.807) is 19.3 Å². The number of terminal acetylenes is 1. The number of fused-ring (bicyclic) bond motifs is 1. The molecule has 1 amide bonds. The third kappa shape index (κ3) is 12.2. The number of amides is 1. The Morgan fingerprint density at radius 1 is 1.14 bits per heavy atom. The number of hydrogen-bond donors (Lipinski definition) is 1. The van der Waals surface area contributed by atoms with E-state index in [0.29, 0.717) is 6.42 Å². The van der Waals surface area contributed by atoms with Gasteiger partial charge in [0.2, 0.25) is 0 Å². The van der Waals surface area contributed by atoms with Crippen LogP contribution in [-0.2, 0) is 9.59 Å². The van der Waals surface area contributed by atoms with Gasteiger partial charge in [-0.3, -0.25) is 4.79 Å². The largest absolute Gasteiger partial charge is 0.348 e. The molecule has 2 aliphatic carbocycles. The van der Waals surface area contributed by atoms with Crippen LogP contribution in [-0.4, -0.2) is 19.2 Å². The summed E-state index contributed by atoms with van der Waals surface area (Å²) in [6.07, 6.45) is 18.2. The average Bonchev–Trinajstić information content (AvgIpc) is 2.74. The number of aldehydes is 1. The van der Waals surface area contributed by atoms with Gasteiger partial charge in [0, 0.05) is 13.5 Å². The Balaban J connectivity index is 0. The molecule has 164 valence electrons. The average molecular weight is 394 g/mol. The van der Waals surface area contributed by atoms with Crippen LogP contribution in [0.3, 0.4) is 0 Å². The first kappa shape index (κ1) is 28.9. The second kappa shape index (κ2) is 19.0. The Kier molecular flexibility index (Phi) is 19.7. The summed E-state index contributed by atoms with van der Waals surface area (Å²) < 4.78 is 0. The van der Waals surface area contributed by atoms with Crippen molar-refractivity contribution in [3.63, 3.8) is 0 Å². The van der Waals surface area contributed by atoms with Gasteiger partial charge in [0.25, 0.3) is 5.91 Å². The highest BCUT2D eigenvalue weighted by Gasteiger charge is 2.39. The van der Waals surface area contributed by atoms with Crippen molar-refractivity contribution < 1.29 is 9.59 Å². The fourth-order valence-corrected chi connectivity index (χ4v) is 4.54. The second-order valence-electron chi connectivity index (χ2n) is 8.00. The molecule has 3 nitrogen and oxygen atoms in total. The first-order valence-electron chi connectivity index (χ1n) is 11.6. The minimum absolute atomic E-state index is 0.380. The topological polar surface area (TPSA) is 46.2 Å². The van der Waals surface area contributed by atoms with Gasteiger partial charge in [0.05, 0.1) is 0 Å². The first-order valence-corrected chi connectivity index (χ1v) is 11.6. The van der Waals surface area contributed by atoms with Crippen LogP contribution in [0.5, 0.6) is 0 Å². The van der Waals surface area contributed by atoms with Crippen LogP contribution in [0.15, 0.2) is 0 Å². The number of carbonyl (C=O) groups excluding carboxylic acids is 2. The van der Waals surface area contributed by atoms with Crippen molar-refractivity contribution in [3.05, 3.63) is 0 Å². The number of carbonyl (C=O) groups is 2. The maximum absolute atomic E-state index is 9.83. The predicted molar refractivity (Wildman–Crippen MR) is 122 cm³/mol. The zero-order valence-corrected chi connectivity index (χ0v) is 19.7. The summed E-state index contributed by atoms with van der Waals surface area (Å²) >= 11 is 0. The number of hydrogen-bond acceptors (Lipinski definition) is 2. The highest BCUT2D eigenvalue weighted by Crippen LogP contribution is 2.49. The monoisotopic (exact) mass is 393 g/mol. The molecule has 2 fully saturated rings. The molecule has 2 aliphatic rings. The van der Waals surface area contributed by atoms with E-state index in [1.807, 2.05) is 26.7 Å². The van der Waals surface area contributed by atoms with Gasteiger partial charge in [-0.1, -0.05) is 67.2 Å². The second-order valence-corrected chi connectivity index (χ2v) is 8.00. The lowest BCUT2D eigenvalue weighted by atomic mass is 9.59. The molecule has 0 heterocycles. The van der Waals surface area contributed by atoms with Crippen molar-refractivity contribution in [1.29, 1.82) is 0 Å². The fraction of sp³-hybridized carbons (Fsp3) is 0.840. The van der Waals surface area contributed by atoms with Crippen molar-refractivity contribution >= 4 is 12.2 Å². The lowest BCUT2D eigenvalue weighted by Crippen LogP contribution is -2.37. The smallest absolute Gasteiger partial charge is 0.295 e. The van der Waals surface area contributed by atoms with Gasteiger partial charge in [0.1, 0.15) is 6.29 Å². The van der Waals surface area contributed by atoms with E-state index >= 15 is 0 Å². The van der Waals surface area contributed by atoms with Crippen LogP contribution in [0.1, 0.15) is 99.3 Å². The molecule has 28 heavy (non-hydrogen) atoms. The summed E-state index contributed by atoms with van der Waals surface area (Å²) in [5.41, 5.74) is 0. The van der Waals surface area contributed by atoms with Crippen LogP contribution in [0.25, 0.3) is 0 Å². The van der Waals surface area contributed by atoms with Gasteiger partial charge in [-0.15, -0.1) is 6.42 Å². The van der Waals surface area contributed by atoms with E-state index in [2.05, 4.69) is 32.5 Å². The van der Waals surface area contributed by atoms with Crippen LogP contribution in [0.2, 0.25) is 0 Å². The van der Waals surface area contributed by atoms with E-state index in [0.717, 1.165) is 35.9 Å². The molecule has 0 aromatic rings. The van der Waals surface area contributed by atoms with Gasteiger partial charge in [-0.05, 0) is 61.2 Å². The molecule has 2 saturated carbocycles. The van der Waals surface area contributed by atoms with E-state index in [9.17, 15) is 9.59 Å². The van der Waals surface area contributed by atoms with E-state index in [4.69, 9.17) is 0 Å². The van der Waals surface area contributed by atoms with Crippen molar-refractivity contribution in [1.82, 2.24) is 5.32 Å². The maximum Gasteiger partial charge on any atom is 0.295 e. The highest BCUT2D eigenvalue weighted by molar-refractivity contribution is 5.92. The summed E-state index contributed by atoms with van der Waals surface area (Å²) in [6, 6.07) is 0. The van der Waals surface area contributed by atoms with E-state index in [1.165, 1.54) is 39.2 Å². The molecule has 0 aliphatic heterocycles. The van der Waals surface area contributed by atoms with Crippen molar-refractivity contribution in [2.75, 3.05) is 7.05 Å². The molecule has 0 spiro atoms. The predicted octanol–water partition coefficient (Wildman–Crippen LogP) is 6.26. The Morgan fingerprint density at radius 2 is 1.75 bits per heavy atom. The normalized spacial score (nSPS) is 27.6. The molecule has 0 saturated heterocycles. The molecule has 5 atom stereocenters. The highest BCUT2D eigenvalue weighted by atomic mass is 16.1. The lowest BCUT2D eigenvalue weighted by Gasteiger charge is -2.46. The van der Waals surface area contributed by atoms with E-state index in [-0.39, 0.29) is 5.91 Å². The molecule has 0 radical (unpaired) electrons. The molecule has 5 unspecified atom stereocenters. The third-order valence-corrected chi connectivity index (χ3v) is 5.99. The molecule has 0 bridgehead atoms. The van der Waals surface area contributed by atoms with Crippen molar-refractivity contribution in [3.8, 4) is 12.3 Å². The summed E-state index contributed by atoms with van der Waals surface area (Å²) in [6.45, 7) is 13.1. The number of rotatable bonds is 4. The van der Waals surface area contributed by atoms with Gasteiger partial charge in [-0.25, -0.2) is 0 Å². The quantitative estimate of drug-likeness (QED) is 0.452. The summed E-state index contributed by atoms with van der Waals surface area (Å²) in [5.74, 6) is 6.79. The minimum atomic E-state index is -0.380. The SMILES string of the molecule is C#CC(=O)NC.CC.CCC=O.CCCCC1C(C)CCC2CC(C)CCC21. The molecule has 3 heteroatoms. The van der Waals surface area contributed by atoms with Crippen LogP contribution >= 0.6 is 0 Å². The van der Waals surface area contributed by atoms with E-state index < -0.39 is 0 Å². The van der Waals surface area contributed by atoms with Crippen LogP contribution in [0, 0.1) is 41.9 Å². The molecular formula is C25H47NO2. The first-order chi connectivity index (χ1) is 13.4. The summed E-state index contributed by atoms with van der Waals surface area (Å²) in [4.78, 5) is 19.0. The van der Waals surface area contributed by atoms with Gasteiger partial charge in [0.15, 0.2) is 0 Å². The third-order valence-electron chi connectivity index (χ3n) is 5.99. The molecular weight excluding hydrogens is 346 g/mol. The molecule has 1 N–H and O–H groups in total. The van der Waals surface area contributed by atoms with Gasteiger partial charge < -0.3 is 10.1 Å². The minimum Gasteiger partial charge on any atom is -0.348 e. The molecule has 2 rings (SSSR count). The lowest BCUT2D eigenvalue weighted by molar-refractivity contribution is -0.115. The number of nitrogens with one attached hydrogen (secondary N) is 1. The zero-order chi connectivity index (χ0) is 21.9. The Labute approximate surface area is 175 Å². The van der Waals surface area contributed by atoms with Gasteiger partial charge in [-0.2, -0.15) is 0 Å². The number of unbranched alkanes of at least 4 members (excludes halogenated alkanes) is 1. The zero-order valence-electron chi connectivity index (χ0n) is 19.7. The van der Waals surface area contributed by atoms with Crippen LogP contribution in [0.4, 0.5) is 0 Å². The Bertz CT molecular complexity index is 425. The van der Waals surface area contributed by atoms with Crippen molar-refractivity contribution in [2.24, 2.45) is 29.6 Å². The van der Waals surface area contributed by atoms with Crippen LogP contribution < -0.4 is 5.32 Å². The van der Waals surface area contributed by atoms with Gasteiger partial charge >= 0.3 is 0 Å². The Hall–Kier alpha value is -1.30. The Morgan fingerprint density at radius 3 is 2.18 bits per heavy atom. The summed E-state index contributed by atoms with van der Waals surface area (Å²) in [7, 11) is 1.49. The molecule has 0 aromatic carbocycles. The summed E-state index contributed by atoms with van der Waals surface area (Å²) in [5, 5.41) is 2.24. The fourth-order valence-electron chi connectivity index (χ4n) is 4.54. The molecule has 0 aromatic heterocycles. The van der Waals surface area contributed by atoms with Crippen molar-refractivity contribution in [2.45, 2.75) is 99.3 Å². The standard InChI is InChI=1S/C16H30.C4H5NO.C3H6O.C2H6/c1-4-5-6-15-13(3)8-9-14-11-12(2)7-10-16(14)15;1-3-4(6)5-2;1-2-3-4;1-2/h12-16H,4-11H2,1-3H3;1H,2H3,(H,5,6);3H,2H2,1H3;1-2H3.